The van der Waals surface area contributed by atoms with Crippen molar-refractivity contribution in [1.82, 2.24) is 5.32 Å². The molecule has 1 unspecified atom stereocenters. The van der Waals surface area contributed by atoms with Gasteiger partial charge in [0.25, 0.3) is 0 Å². The molecule has 0 saturated carbocycles. The summed E-state index contributed by atoms with van der Waals surface area (Å²) in [5.74, 6) is 0.798. The highest BCUT2D eigenvalue weighted by Crippen LogP contribution is 2.27. The first kappa shape index (κ1) is 12.7. The zero-order valence-electron chi connectivity index (χ0n) is 10.3. The van der Waals surface area contributed by atoms with E-state index in [1.54, 1.807) is 0 Å². The van der Waals surface area contributed by atoms with Crippen LogP contribution >= 0.6 is 11.3 Å². The van der Waals surface area contributed by atoms with Crippen molar-refractivity contribution in [2.45, 2.75) is 46.6 Å². The maximum absolute atomic E-state index is 3.58. The number of rotatable bonds is 6. The molecular formula is C13H23NS. The molecule has 1 N–H and O–H groups in total. The number of thiophene rings is 1. The van der Waals surface area contributed by atoms with Gasteiger partial charge in [0.2, 0.25) is 0 Å². The summed E-state index contributed by atoms with van der Waals surface area (Å²) in [6, 6.07) is 5.06. The van der Waals surface area contributed by atoms with Crippen molar-refractivity contribution >= 4 is 11.3 Å². The Morgan fingerprint density at radius 3 is 2.47 bits per heavy atom. The van der Waals surface area contributed by atoms with Crippen molar-refractivity contribution in [3.05, 3.63) is 21.9 Å². The van der Waals surface area contributed by atoms with Crippen molar-refractivity contribution in [2.24, 2.45) is 5.92 Å². The Bertz CT molecular complexity index is 278. The molecule has 0 spiro atoms. The predicted octanol–water partition coefficient (Wildman–Crippen LogP) is 4.14. The van der Waals surface area contributed by atoms with Gasteiger partial charge in [0, 0.05) is 15.8 Å². The SMILES string of the molecule is CCNC(CCC(C)C)c1ccc(C)s1. The zero-order chi connectivity index (χ0) is 11.3. The summed E-state index contributed by atoms with van der Waals surface area (Å²) in [4.78, 5) is 2.91. The second-order valence-electron chi connectivity index (χ2n) is 4.53. The van der Waals surface area contributed by atoms with Gasteiger partial charge >= 0.3 is 0 Å². The Kier molecular flexibility index (Phi) is 5.34. The third-order valence-corrected chi connectivity index (χ3v) is 3.70. The summed E-state index contributed by atoms with van der Waals surface area (Å²) in [6.45, 7) is 10.0. The minimum absolute atomic E-state index is 0.566. The second kappa shape index (κ2) is 6.29. The third-order valence-electron chi connectivity index (χ3n) is 2.59. The molecule has 1 nitrogen and oxygen atoms in total. The summed E-state index contributed by atoms with van der Waals surface area (Å²) in [5.41, 5.74) is 0. The van der Waals surface area contributed by atoms with E-state index in [2.05, 4.69) is 45.1 Å². The van der Waals surface area contributed by atoms with E-state index in [-0.39, 0.29) is 0 Å². The van der Waals surface area contributed by atoms with Gasteiger partial charge in [-0.25, -0.2) is 0 Å². The summed E-state index contributed by atoms with van der Waals surface area (Å²) >= 11 is 1.92. The van der Waals surface area contributed by atoms with E-state index < -0.39 is 0 Å². The highest BCUT2D eigenvalue weighted by atomic mass is 32.1. The lowest BCUT2D eigenvalue weighted by Gasteiger charge is -2.17. The standard InChI is InChI=1S/C13H23NS/c1-5-14-12(8-6-10(2)3)13-9-7-11(4)15-13/h7,9-10,12,14H,5-6,8H2,1-4H3. The van der Waals surface area contributed by atoms with Gasteiger partial charge in [-0.3, -0.25) is 0 Å². The molecule has 0 bridgehead atoms. The van der Waals surface area contributed by atoms with Gasteiger partial charge in [-0.15, -0.1) is 11.3 Å². The first-order valence-electron chi connectivity index (χ1n) is 5.93. The first-order chi connectivity index (χ1) is 7.13. The van der Waals surface area contributed by atoms with Crippen LogP contribution in [0, 0.1) is 12.8 Å². The lowest BCUT2D eigenvalue weighted by Crippen LogP contribution is -2.20. The van der Waals surface area contributed by atoms with Crippen LogP contribution in [0.4, 0.5) is 0 Å². The van der Waals surface area contributed by atoms with Crippen LogP contribution in [-0.4, -0.2) is 6.54 Å². The van der Waals surface area contributed by atoms with Gasteiger partial charge in [0.1, 0.15) is 0 Å². The molecule has 0 fully saturated rings. The largest absolute Gasteiger partial charge is 0.310 e. The van der Waals surface area contributed by atoms with Crippen LogP contribution < -0.4 is 5.32 Å². The van der Waals surface area contributed by atoms with Gasteiger partial charge in [0.15, 0.2) is 0 Å². The van der Waals surface area contributed by atoms with Crippen molar-refractivity contribution in [3.8, 4) is 0 Å². The molecule has 0 aliphatic carbocycles. The molecule has 1 atom stereocenters. The fourth-order valence-electron chi connectivity index (χ4n) is 1.73. The molecule has 1 aromatic heterocycles. The molecule has 0 amide bonds. The number of nitrogens with one attached hydrogen (secondary N) is 1. The number of aryl methyl sites for hydroxylation is 1. The second-order valence-corrected chi connectivity index (χ2v) is 5.85. The van der Waals surface area contributed by atoms with Crippen molar-refractivity contribution in [2.75, 3.05) is 6.54 Å². The molecule has 1 aromatic rings. The Morgan fingerprint density at radius 1 is 1.27 bits per heavy atom. The molecule has 86 valence electrons. The molecule has 0 saturated heterocycles. The highest BCUT2D eigenvalue weighted by molar-refractivity contribution is 7.12. The molecule has 0 aromatic carbocycles. The zero-order valence-corrected chi connectivity index (χ0v) is 11.2. The third kappa shape index (κ3) is 4.35. The van der Waals surface area contributed by atoms with Crippen LogP contribution in [0.15, 0.2) is 12.1 Å². The normalized spacial score (nSPS) is 13.4. The van der Waals surface area contributed by atoms with E-state index >= 15 is 0 Å². The molecule has 2 heteroatoms. The van der Waals surface area contributed by atoms with Gasteiger partial charge in [-0.2, -0.15) is 0 Å². The van der Waals surface area contributed by atoms with Gasteiger partial charge in [-0.05, 0) is 44.4 Å². The topological polar surface area (TPSA) is 12.0 Å². The smallest absolute Gasteiger partial charge is 0.0414 e. The van der Waals surface area contributed by atoms with Gasteiger partial charge in [-0.1, -0.05) is 20.8 Å². The van der Waals surface area contributed by atoms with Gasteiger partial charge < -0.3 is 5.32 Å². The average molecular weight is 225 g/mol. The van der Waals surface area contributed by atoms with Crippen LogP contribution in [0.3, 0.4) is 0 Å². The monoisotopic (exact) mass is 225 g/mol. The highest BCUT2D eigenvalue weighted by Gasteiger charge is 2.12. The minimum atomic E-state index is 0.566. The molecule has 0 aliphatic rings. The maximum Gasteiger partial charge on any atom is 0.0414 e. The number of hydrogen-bond donors (Lipinski definition) is 1. The van der Waals surface area contributed by atoms with Crippen molar-refractivity contribution < 1.29 is 0 Å². The Labute approximate surface area is 97.9 Å². The van der Waals surface area contributed by atoms with Gasteiger partial charge in [0.05, 0.1) is 0 Å². The molecule has 0 aliphatic heterocycles. The molecule has 1 rings (SSSR count). The van der Waals surface area contributed by atoms with Crippen LogP contribution in [0.1, 0.15) is 49.4 Å². The fraction of sp³-hybridized carbons (Fsp3) is 0.692. The summed E-state index contributed by atoms with van der Waals surface area (Å²) < 4.78 is 0. The van der Waals surface area contributed by atoms with Crippen molar-refractivity contribution in [3.63, 3.8) is 0 Å². The molecule has 1 heterocycles. The summed E-state index contributed by atoms with van der Waals surface area (Å²) in [7, 11) is 0. The molecule has 0 radical (unpaired) electrons. The summed E-state index contributed by atoms with van der Waals surface area (Å²) in [6.07, 6.45) is 2.56. The van der Waals surface area contributed by atoms with Crippen LogP contribution in [0.2, 0.25) is 0 Å². The van der Waals surface area contributed by atoms with Crippen LogP contribution in [0.25, 0.3) is 0 Å². The Hall–Kier alpha value is -0.340. The van der Waals surface area contributed by atoms with E-state index in [0.29, 0.717) is 6.04 Å². The van der Waals surface area contributed by atoms with Crippen molar-refractivity contribution in [1.29, 1.82) is 0 Å². The van der Waals surface area contributed by atoms with E-state index in [1.165, 1.54) is 22.6 Å². The quantitative estimate of drug-likeness (QED) is 0.767. The summed E-state index contributed by atoms with van der Waals surface area (Å²) in [5, 5.41) is 3.58. The van der Waals surface area contributed by atoms with E-state index in [1.807, 2.05) is 11.3 Å². The first-order valence-corrected chi connectivity index (χ1v) is 6.74. The average Bonchev–Trinajstić information content (AvgIpc) is 2.59. The van der Waals surface area contributed by atoms with E-state index in [9.17, 15) is 0 Å². The molecular weight excluding hydrogens is 202 g/mol. The predicted molar refractivity (Wildman–Crippen MR) is 69.5 cm³/mol. The fourth-order valence-corrected chi connectivity index (χ4v) is 2.72. The lowest BCUT2D eigenvalue weighted by molar-refractivity contribution is 0.453. The Morgan fingerprint density at radius 2 is 2.00 bits per heavy atom. The maximum atomic E-state index is 3.58. The Balaban J connectivity index is 2.57. The number of hydrogen-bond acceptors (Lipinski definition) is 2. The van der Waals surface area contributed by atoms with E-state index in [0.717, 1.165) is 12.5 Å². The van der Waals surface area contributed by atoms with Crippen LogP contribution in [-0.2, 0) is 0 Å². The lowest BCUT2D eigenvalue weighted by atomic mass is 10.0. The van der Waals surface area contributed by atoms with E-state index in [4.69, 9.17) is 0 Å². The molecule has 15 heavy (non-hydrogen) atoms. The van der Waals surface area contributed by atoms with Crippen LogP contribution in [0.5, 0.6) is 0 Å². The minimum Gasteiger partial charge on any atom is -0.310 e.